The third-order valence-electron chi connectivity index (χ3n) is 9.10. The second-order valence-electron chi connectivity index (χ2n) is 10.1. The van der Waals surface area contributed by atoms with Crippen molar-refractivity contribution in [3.8, 4) is 0 Å². The van der Waals surface area contributed by atoms with Crippen molar-refractivity contribution >= 4 is 11.8 Å². The van der Waals surface area contributed by atoms with E-state index in [0.717, 1.165) is 24.0 Å². The fourth-order valence-electron chi connectivity index (χ4n) is 7.73. The van der Waals surface area contributed by atoms with Crippen LogP contribution in [0.3, 0.4) is 0 Å². The lowest BCUT2D eigenvalue weighted by Gasteiger charge is -2.52. The summed E-state index contributed by atoms with van der Waals surface area (Å²) in [7, 11) is 0. The molecular weight excluding hydrogens is 348 g/mol. The van der Waals surface area contributed by atoms with Gasteiger partial charge in [0.15, 0.2) is 11.2 Å². The van der Waals surface area contributed by atoms with E-state index in [-0.39, 0.29) is 53.4 Å². The lowest BCUT2D eigenvalue weighted by atomic mass is 9.46. The van der Waals surface area contributed by atoms with Gasteiger partial charge in [0.1, 0.15) is 23.9 Å². The number of esters is 1. The Hall–Kier alpha value is -1.24. The number of epoxide rings is 3. The van der Waals surface area contributed by atoms with Crippen LogP contribution in [0.25, 0.3) is 0 Å². The van der Waals surface area contributed by atoms with E-state index in [1.165, 1.54) is 0 Å². The molecule has 3 aliphatic carbocycles. The van der Waals surface area contributed by atoms with E-state index in [4.69, 9.17) is 18.9 Å². The van der Waals surface area contributed by atoms with Crippen molar-refractivity contribution in [1.82, 2.24) is 0 Å². The number of hydrogen-bond acceptors (Lipinski definition) is 6. The molecule has 5 fully saturated rings. The third-order valence-corrected chi connectivity index (χ3v) is 9.10. The van der Waals surface area contributed by atoms with Gasteiger partial charge in [0.05, 0.1) is 6.10 Å². The van der Waals surface area contributed by atoms with Crippen LogP contribution in [-0.2, 0) is 28.5 Å². The normalized spacial score (nSPS) is 61.3. The topological polar surface area (TPSA) is 81.0 Å². The molecule has 0 aromatic heterocycles. The zero-order valence-corrected chi connectivity index (χ0v) is 16.0. The second-order valence-corrected chi connectivity index (χ2v) is 10.1. The minimum Gasteiger partial charge on any atom is -0.455 e. The molecule has 0 N–H and O–H groups in total. The number of cyclic esters (lactones) is 1. The van der Waals surface area contributed by atoms with Crippen molar-refractivity contribution in [3.05, 3.63) is 11.1 Å². The number of fused-ring (bicyclic) bond motifs is 4. The van der Waals surface area contributed by atoms with Crippen LogP contribution in [0.1, 0.15) is 47.0 Å². The molecule has 2 saturated carbocycles. The average Bonchev–Trinajstić information content (AvgIpc) is 3.47. The highest BCUT2D eigenvalue weighted by Crippen LogP contribution is 2.81. The number of hydrogen-bond donors (Lipinski definition) is 0. The highest BCUT2D eigenvalue weighted by atomic mass is 16.7. The van der Waals surface area contributed by atoms with Crippen LogP contribution in [0.5, 0.6) is 0 Å². The molecule has 6 heteroatoms. The molecule has 6 nitrogen and oxygen atoms in total. The Kier molecular flexibility index (Phi) is 2.27. The number of ketones is 1. The minimum absolute atomic E-state index is 0.0779. The first-order valence-electron chi connectivity index (χ1n) is 10.3. The molecule has 27 heavy (non-hydrogen) atoms. The second kappa shape index (κ2) is 3.91. The summed E-state index contributed by atoms with van der Waals surface area (Å²) in [6.45, 7) is 8.31. The molecule has 7 aliphatic rings. The van der Waals surface area contributed by atoms with Crippen LogP contribution in [0, 0.1) is 17.3 Å². The van der Waals surface area contributed by atoms with E-state index in [2.05, 4.69) is 20.8 Å². The molecule has 4 aliphatic heterocycles. The average molecular weight is 372 g/mol. The van der Waals surface area contributed by atoms with Crippen molar-refractivity contribution in [2.24, 2.45) is 17.3 Å². The van der Waals surface area contributed by atoms with Gasteiger partial charge in [0, 0.05) is 11.0 Å². The van der Waals surface area contributed by atoms with Crippen molar-refractivity contribution < 1.29 is 28.5 Å². The quantitative estimate of drug-likeness (QED) is 0.515. The van der Waals surface area contributed by atoms with E-state index in [1.807, 2.05) is 6.92 Å². The monoisotopic (exact) mass is 372 g/mol. The number of carbonyl (C=O) groups is 2. The molecule has 4 heterocycles. The van der Waals surface area contributed by atoms with Crippen molar-refractivity contribution in [3.63, 3.8) is 0 Å². The molecule has 0 bridgehead atoms. The lowest BCUT2D eigenvalue weighted by Crippen LogP contribution is -2.67. The molecule has 0 aromatic rings. The lowest BCUT2D eigenvalue weighted by molar-refractivity contribution is -0.140. The maximum atomic E-state index is 13.7. The number of Topliss-reactive ketones (excluding diaryl/α,β-unsaturated/α-hetero) is 1. The molecule has 3 saturated heterocycles. The van der Waals surface area contributed by atoms with Crippen molar-refractivity contribution in [2.45, 2.75) is 88.2 Å². The largest absolute Gasteiger partial charge is 0.455 e. The van der Waals surface area contributed by atoms with Gasteiger partial charge in [-0.3, -0.25) is 4.79 Å². The highest BCUT2D eigenvalue weighted by molar-refractivity contribution is 6.05. The maximum Gasteiger partial charge on any atom is 0.334 e. The molecule has 0 amide bonds. The van der Waals surface area contributed by atoms with Gasteiger partial charge in [-0.05, 0) is 43.6 Å². The number of ether oxygens (including phenoxy) is 4. The fourth-order valence-corrected chi connectivity index (χ4v) is 7.73. The van der Waals surface area contributed by atoms with Crippen LogP contribution in [0.15, 0.2) is 11.1 Å². The van der Waals surface area contributed by atoms with Crippen molar-refractivity contribution in [1.29, 1.82) is 0 Å². The minimum atomic E-state index is -0.842. The van der Waals surface area contributed by atoms with Gasteiger partial charge < -0.3 is 18.9 Å². The summed E-state index contributed by atoms with van der Waals surface area (Å²) in [6.07, 6.45) is 1.72. The van der Waals surface area contributed by atoms with Crippen LogP contribution in [0.4, 0.5) is 0 Å². The molecule has 0 aromatic carbocycles. The Morgan fingerprint density at radius 3 is 2.63 bits per heavy atom. The first-order chi connectivity index (χ1) is 12.8. The predicted octanol–water partition coefficient (Wildman–Crippen LogP) is 1.70. The summed E-state index contributed by atoms with van der Waals surface area (Å²) in [5.41, 5.74) is -0.420. The molecular formula is C21H24O6. The summed E-state index contributed by atoms with van der Waals surface area (Å²) in [4.78, 5) is 26.0. The van der Waals surface area contributed by atoms with Crippen LogP contribution >= 0.6 is 0 Å². The first-order valence-corrected chi connectivity index (χ1v) is 10.3. The molecule has 2 spiro atoms. The van der Waals surface area contributed by atoms with Gasteiger partial charge in [-0.1, -0.05) is 20.8 Å². The van der Waals surface area contributed by atoms with E-state index in [1.54, 1.807) is 0 Å². The zero-order valence-electron chi connectivity index (χ0n) is 16.0. The van der Waals surface area contributed by atoms with Gasteiger partial charge in [0.2, 0.25) is 5.78 Å². The van der Waals surface area contributed by atoms with Gasteiger partial charge in [-0.2, -0.15) is 0 Å². The first kappa shape index (κ1) is 15.7. The maximum absolute atomic E-state index is 13.7. The molecule has 7 rings (SSSR count). The summed E-state index contributed by atoms with van der Waals surface area (Å²) in [5.74, 6) is 0.220. The van der Waals surface area contributed by atoms with E-state index >= 15 is 0 Å². The van der Waals surface area contributed by atoms with Gasteiger partial charge >= 0.3 is 5.97 Å². The highest BCUT2D eigenvalue weighted by Gasteiger charge is 3.01. The Morgan fingerprint density at radius 2 is 1.89 bits per heavy atom. The third kappa shape index (κ3) is 1.24. The Morgan fingerprint density at radius 1 is 1.11 bits per heavy atom. The van der Waals surface area contributed by atoms with E-state index in [9.17, 15) is 9.59 Å². The molecule has 0 radical (unpaired) electrons. The summed E-state index contributed by atoms with van der Waals surface area (Å²) >= 11 is 0. The smallest absolute Gasteiger partial charge is 0.334 e. The summed E-state index contributed by atoms with van der Waals surface area (Å²) in [5, 5.41) is 0. The van der Waals surface area contributed by atoms with Gasteiger partial charge in [-0.15, -0.1) is 0 Å². The van der Waals surface area contributed by atoms with Gasteiger partial charge in [0.25, 0.3) is 0 Å². The van der Waals surface area contributed by atoms with Crippen LogP contribution < -0.4 is 0 Å². The van der Waals surface area contributed by atoms with Crippen molar-refractivity contribution in [2.75, 3.05) is 0 Å². The Balaban J connectivity index is 1.39. The predicted molar refractivity (Wildman–Crippen MR) is 90.7 cm³/mol. The molecule has 0 unspecified atom stereocenters. The van der Waals surface area contributed by atoms with E-state index < -0.39 is 16.8 Å². The molecule has 9 atom stereocenters. The zero-order chi connectivity index (χ0) is 18.7. The standard InChI is InChI=1S/C21H24O6/c1-8(2)19-14(26-19)15-21(27-15)18(4)6-5-10-13(9(3)24-16(10)22)11(18)7-12-20(21,25-12)17(19)23/h8-9,11-12,14-15H,5-7H2,1-4H3/t9-,11-,12-,14-,15-,18-,19-,20+,21+/m0/s1. The molecule has 144 valence electrons. The number of carbonyl (C=O) groups excluding carboxylic acids is 2. The number of rotatable bonds is 1. The Bertz CT molecular complexity index is 891. The van der Waals surface area contributed by atoms with Crippen LogP contribution in [-0.4, -0.2) is 53.0 Å². The SMILES string of the molecule is CC(C)[C@]12O[C@H]1[C@@H]1O[C@@]13[C@@]1(C)CCC4=C([C@H](C)OC4=O)[C@@H]1C[C@@H]1O[C@@]13C2=O. The summed E-state index contributed by atoms with van der Waals surface area (Å²) in [6, 6.07) is 0. The van der Waals surface area contributed by atoms with E-state index in [0.29, 0.717) is 6.42 Å². The Labute approximate surface area is 157 Å². The fraction of sp³-hybridized carbons (Fsp3) is 0.810. The van der Waals surface area contributed by atoms with Gasteiger partial charge in [-0.25, -0.2) is 4.79 Å². The van der Waals surface area contributed by atoms with Crippen LogP contribution in [0.2, 0.25) is 0 Å². The summed E-state index contributed by atoms with van der Waals surface area (Å²) < 4.78 is 24.4.